The number of allylic oxidation sites excluding steroid dienone is 2. The largest absolute Gasteiger partial charge is 0.456 e. The molecular weight excluding hydrogens is 254 g/mol. The molecule has 1 amide bonds. The maximum Gasteiger partial charge on any atom is 0.306 e. The van der Waals surface area contributed by atoms with Crippen LogP contribution >= 0.6 is 0 Å². The Kier molecular flexibility index (Phi) is 4.93. The highest BCUT2D eigenvalue weighted by Crippen LogP contribution is 2.20. The molecule has 1 atom stereocenters. The van der Waals surface area contributed by atoms with Gasteiger partial charge in [0, 0.05) is 5.69 Å². The van der Waals surface area contributed by atoms with Gasteiger partial charge in [0.1, 0.15) is 0 Å². The predicted molar refractivity (Wildman–Crippen MR) is 77.2 cm³/mol. The molecule has 0 unspecified atom stereocenters. The van der Waals surface area contributed by atoms with E-state index >= 15 is 0 Å². The Hall–Kier alpha value is -2.10. The molecule has 0 bridgehead atoms. The van der Waals surface area contributed by atoms with Gasteiger partial charge in [-0.1, -0.05) is 30.4 Å². The zero-order valence-corrected chi connectivity index (χ0v) is 11.6. The van der Waals surface area contributed by atoms with Crippen LogP contribution in [0.5, 0.6) is 0 Å². The molecule has 0 fully saturated rings. The molecule has 1 N–H and O–H groups in total. The van der Waals surface area contributed by atoms with Crippen molar-refractivity contribution in [2.75, 3.05) is 11.9 Å². The molecule has 0 saturated heterocycles. The lowest BCUT2D eigenvalue weighted by Gasteiger charge is -2.10. The molecule has 0 aromatic heterocycles. The first kappa shape index (κ1) is 14.3. The van der Waals surface area contributed by atoms with Gasteiger partial charge in [-0.3, -0.25) is 9.59 Å². The van der Waals surface area contributed by atoms with Gasteiger partial charge < -0.3 is 10.1 Å². The van der Waals surface area contributed by atoms with Crippen molar-refractivity contribution < 1.29 is 14.3 Å². The van der Waals surface area contributed by atoms with Gasteiger partial charge >= 0.3 is 5.97 Å². The van der Waals surface area contributed by atoms with E-state index < -0.39 is 0 Å². The molecule has 0 spiro atoms. The van der Waals surface area contributed by atoms with E-state index in [1.807, 2.05) is 37.3 Å². The molecule has 1 aromatic carbocycles. The first-order valence-corrected chi connectivity index (χ1v) is 6.83. The highest BCUT2D eigenvalue weighted by molar-refractivity contribution is 5.93. The van der Waals surface area contributed by atoms with Crippen molar-refractivity contribution in [1.82, 2.24) is 0 Å². The molecular formula is C16H19NO3. The first-order chi connectivity index (χ1) is 9.65. The van der Waals surface area contributed by atoms with E-state index in [0.29, 0.717) is 6.42 Å². The number of hydrogen-bond donors (Lipinski definition) is 1. The van der Waals surface area contributed by atoms with Crippen molar-refractivity contribution >= 4 is 17.6 Å². The average molecular weight is 273 g/mol. The maximum atomic E-state index is 11.7. The topological polar surface area (TPSA) is 55.4 Å². The third kappa shape index (κ3) is 4.23. The SMILES string of the molecule is Cc1ccccc1NC(=O)COC(=O)C[C@@H]1C=CCC1. The number of carbonyl (C=O) groups is 2. The van der Waals surface area contributed by atoms with E-state index in [4.69, 9.17) is 4.74 Å². The highest BCUT2D eigenvalue weighted by atomic mass is 16.5. The van der Waals surface area contributed by atoms with Crippen LogP contribution in [0.2, 0.25) is 0 Å². The third-order valence-electron chi connectivity index (χ3n) is 3.32. The second kappa shape index (κ2) is 6.89. The summed E-state index contributed by atoms with van der Waals surface area (Å²) in [6, 6.07) is 7.48. The molecule has 0 heterocycles. The minimum absolute atomic E-state index is 0.233. The number of anilines is 1. The number of hydrogen-bond acceptors (Lipinski definition) is 3. The summed E-state index contributed by atoms with van der Waals surface area (Å²) < 4.78 is 4.99. The number of aryl methyl sites for hydroxylation is 1. The lowest BCUT2D eigenvalue weighted by Crippen LogP contribution is -2.22. The fourth-order valence-corrected chi connectivity index (χ4v) is 2.18. The van der Waals surface area contributed by atoms with Gasteiger partial charge in [0.25, 0.3) is 5.91 Å². The van der Waals surface area contributed by atoms with Crippen LogP contribution in [0.1, 0.15) is 24.8 Å². The predicted octanol–water partition coefficient (Wildman–Crippen LogP) is 2.83. The van der Waals surface area contributed by atoms with Crippen LogP contribution < -0.4 is 5.32 Å². The normalized spacial score (nSPS) is 16.9. The molecule has 1 aliphatic carbocycles. The van der Waals surface area contributed by atoms with Gasteiger partial charge in [-0.2, -0.15) is 0 Å². The summed E-state index contributed by atoms with van der Waals surface area (Å²) in [6.07, 6.45) is 6.47. The molecule has 1 aliphatic rings. The van der Waals surface area contributed by atoms with E-state index in [0.717, 1.165) is 24.1 Å². The number of para-hydroxylation sites is 1. The van der Waals surface area contributed by atoms with Crippen LogP contribution in [-0.4, -0.2) is 18.5 Å². The first-order valence-electron chi connectivity index (χ1n) is 6.83. The van der Waals surface area contributed by atoms with Crippen molar-refractivity contribution in [2.24, 2.45) is 5.92 Å². The van der Waals surface area contributed by atoms with Gasteiger partial charge in [-0.25, -0.2) is 0 Å². The van der Waals surface area contributed by atoms with Gasteiger partial charge in [0.2, 0.25) is 0 Å². The van der Waals surface area contributed by atoms with E-state index in [9.17, 15) is 9.59 Å². The minimum atomic E-state index is -0.318. The monoisotopic (exact) mass is 273 g/mol. The average Bonchev–Trinajstić information content (AvgIpc) is 2.92. The van der Waals surface area contributed by atoms with E-state index in [2.05, 4.69) is 11.4 Å². The Morgan fingerprint density at radius 1 is 1.35 bits per heavy atom. The fraction of sp³-hybridized carbons (Fsp3) is 0.375. The second-order valence-electron chi connectivity index (χ2n) is 4.99. The van der Waals surface area contributed by atoms with Crippen LogP contribution in [-0.2, 0) is 14.3 Å². The molecule has 4 nitrogen and oxygen atoms in total. The summed E-state index contributed by atoms with van der Waals surface area (Å²) in [4.78, 5) is 23.3. The Labute approximate surface area is 118 Å². The summed E-state index contributed by atoms with van der Waals surface area (Å²) in [5.41, 5.74) is 1.72. The molecule has 0 radical (unpaired) electrons. The van der Waals surface area contributed by atoms with Gasteiger partial charge in [0.05, 0.1) is 6.42 Å². The highest BCUT2D eigenvalue weighted by Gasteiger charge is 2.16. The van der Waals surface area contributed by atoms with Crippen molar-refractivity contribution in [3.8, 4) is 0 Å². The van der Waals surface area contributed by atoms with E-state index in [1.54, 1.807) is 0 Å². The Bertz CT molecular complexity index is 522. The molecule has 0 aliphatic heterocycles. The minimum Gasteiger partial charge on any atom is -0.456 e. The number of benzene rings is 1. The van der Waals surface area contributed by atoms with Crippen molar-refractivity contribution in [3.63, 3.8) is 0 Å². The Morgan fingerprint density at radius 3 is 2.85 bits per heavy atom. The lowest BCUT2D eigenvalue weighted by molar-refractivity contribution is -0.147. The smallest absolute Gasteiger partial charge is 0.306 e. The van der Waals surface area contributed by atoms with E-state index in [-0.39, 0.29) is 24.4 Å². The quantitative estimate of drug-likeness (QED) is 0.663. The van der Waals surface area contributed by atoms with E-state index in [1.165, 1.54) is 0 Å². The molecule has 4 heteroatoms. The lowest BCUT2D eigenvalue weighted by atomic mass is 10.1. The molecule has 1 aromatic rings. The molecule has 0 saturated carbocycles. The second-order valence-corrected chi connectivity index (χ2v) is 4.99. The maximum absolute atomic E-state index is 11.7. The summed E-state index contributed by atoms with van der Waals surface area (Å²) in [5.74, 6) is -0.363. The van der Waals surface area contributed by atoms with Crippen LogP contribution in [0.4, 0.5) is 5.69 Å². The third-order valence-corrected chi connectivity index (χ3v) is 3.32. The van der Waals surface area contributed by atoms with Crippen LogP contribution in [0.15, 0.2) is 36.4 Å². The van der Waals surface area contributed by atoms with Crippen LogP contribution in [0, 0.1) is 12.8 Å². The number of carbonyl (C=O) groups excluding carboxylic acids is 2. The van der Waals surface area contributed by atoms with Gasteiger partial charge in [-0.15, -0.1) is 0 Å². The van der Waals surface area contributed by atoms with Crippen LogP contribution in [0.3, 0.4) is 0 Å². The summed E-state index contributed by atoms with van der Waals surface area (Å²) in [6.45, 7) is 1.68. The fourth-order valence-electron chi connectivity index (χ4n) is 2.18. The van der Waals surface area contributed by atoms with Crippen molar-refractivity contribution in [1.29, 1.82) is 0 Å². The Balaban J connectivity index is 1.73. The Morgan fingerprint density at radius 2 is 2.15 bits per heavy atom. The van der Waals surface area contributed by atoms with Crippen molar-refractivity contribution in [3.05, 3.63) is 42.0 Å². The zero-order valence-electron chi connectivity index (χ0n) is 11.6. The zero-order chi connectivity index (χ0) is 14.4. The van der Waals surface area contributed by atoms with Gasteiger partial charge in [-0.05, 0) is 37.3 Å². The molecule has 20 heavy (non-hydrogen) atoms. The number of esters is 1. The molecule has 106 valence electrons. The van der Waals surface area contributed by atoms with Gasteiger partial charge in [0.15, 0.2) is 6.61 Å². The standard InChI is InChI=1S/C16H19NO3/c1-12-6-2-5-9-14(12)17-15(18)11-20-16(19)10-13-7-3-4-8-13/h2-3,5-7,9,13H,4,8,10-11H2,1H3,(H,17,18)/t13-/m1/s1. The number of amides is 1. The van der Waals surface area contributed by atoms with Crippen LogP contribution in [0.25, 0.3) is 0 Å². The molecule has 2 rings (SSSR count). The number of rotatable bonds is 5. The summed E-state index contributed by atoms with van der Waals surface area (Å²) in [5, 5.41) is 2.73. The number of ether oxygens (including phenoxy) is 1. The number of nitrogens with one attached hydrogen (secondary N) is 1. The summed E-state index contributed by atoms with van der Waals surface area (Å²) >= 11 is 0. The summed E-state index contributed by atoms with van der Waals surface area (Å²) in [7, 11) is 0. The van der Waals surface area contributed by atoms with Crippen molar-refractivity contribution in [2.45, 2.75) is 26.2 Å².